The number of nitrogens with one attached hydrogen (secondary N) is 1. The summed E-state index contributed by atoms with van der Waals surface area (Å²) in [7, 11) is -3.62. The third-order valence-corrected chi connectivity index (χ3v) is 6.69. The number of anilines is 1. The van der Waals surface area contributed by atoms with E-state index < -0.39 is 10.0 Å². The van der Waals surface area contributed by atoms with E-state index >= 15 is 0 Å². The van der Waals surface area contributed by atoms with Crippen molar-refractivity contribution in [3.8, 4) is 5.75 Å². The van der Waals surface area contributed by atoms with Crippen LogP contribution in [-0.2, 0) is 19.6 Å². The molecule has 0 aromatic heterocycles. The fourth-order valence-corrected chi connectivity index (χ4v) is 4.80. The largest absolute Gasteiger partial charge is 0.483 e. The van der Waals surface area contributed by atoms with Crippen molar-refractivity contribution in [3.63, 3.8) is 0 Å². The first-order valence-corrected chi connectivity index (χ1v) is 11.0. The number of halogens is 1. The monoisotopic (exact) mass is 468 g/mol. The topological polar surface area (TPSA) is 84.9 Å². The summed E-state index contributed by atoms with van der Waals surface area (Å²) in [5.41, 5.74) is 1.47. The van der Waals surface area contributed by atoms with Gasteiger partial charge in [-0.15, -0.1) is 0 Å². The zero-order valence-electron chi connectivity index (χ0n) is 15.4. The highest BCUT2D eigenvalue weighted by Gasteiger charge is 2.26. The van der Waals surface area contributed by atoms with Crippen LogP contribution >= 0.6 is 15.9 Å². The fourth-order valence-electron chi connectivity index (χ4n) is 2.73. The SMILES string of the molecule is Cc1ccc(OCC(=O)Nc2cccc(S(=O)(=O)N3CCOCC3)c2)c(Br)c1. The van der Waals surface area contributed by atoms with Gasteiger partial charge in [0.15, 0.2) is 6.61 Å². The third kappa shape index (κ3) is 5.11. The van der Waals surface area contributed by atoms with Gasteiger partial charge in [-0.3, -0.25) is 4.79 Å². The number of nitrogens with zero attached hydrogens (tertiary/aromatic N) is 1. The number of hydrogen-bond acceptors (Lipinski definition) is 5. The van der Waals surface area contributed by atoms with Gasteiger partial charge in [0.05, 0.1) is 22.6 Å². The van der Waals surface area contributed by atoms with Crippen LogP contribution in [0.25, 0.3) is 0 Å². The highest BCUT2D eigenvalue weighted by atomic mass is 79.9. The molecule has 0 bridgehead atoms. The molecule has 1 N–H and O–H groups in total. The van der Waals surface area contributed by atoms with Crippen molar-refractivity contribution in [2.45, 2.75) is 11.8 Å². The molecule has 7 nitrogen and oxygen atoms in total. The van der Waals surface area contributed by atoms with Crippen molar-refractivity contribution in [1.82, 2.24) is 4.31 Å². The Balaban J connectivity index is 1.64. The molecule has 9 heteroatoms. The van der Waals surface area contributed by atoms with Crippen molar-refractivity contribution < 1.29 is 22.7 Å². The first-order chi connectivity index (χ1) is 13.4. The molecular formula is C19H21BrN2O5S. The molecule has 0 unspecified atom stereocenters. The number of morpholine rings is 1. The standard InChI is InChI=1S/C19H21BrN2O5S/c1-14-5-6-18(17(20)11-14)27-13-19(23)21-15-3-2-4-16(12-15)28(24,25)22-7-9-26-10-8-22/h2-6,11-12H,7-10,13H2,1H3,(H,21,23). The fraction of sp³-hybridized carbons (Fsp3) is 0.316. The molecule has 0 aliphatic carbocycles. The molecule has 150 valence electrons. The number of aryl methyl sites for hydroxylation is 1. The molecule has 2 aromatic rings. The zero-order valence-corrected chi connectivity index (χ0v) is 17.8. The molecule has 1 aliphatic rings. The molecule has 0 radical (unpaired) electrons. The minimum absolute atomic E-state index is 0.134. The van der Waals surface area contributed by atoms with Crippen LogP contribution < -0.4 is 10.1 Å². The van der Waals surface area contributed by atoms with E-state index in [9.17, 15) is 13.2 Å². The minimum atomic E-state index is -3.62. The Bertz CT molecular complexity index is 959. The van der Waals surface area contributed by atoms with Gasteiger partial charge in [0.2, 0.25) is 10.0 Å². The quantitative estimate of drug-likeness (QED) is 0.704. The lowest BCUT2D eigenvalue weighted by Gasteiger charge is -2.26. The summed E-state index contributed by atoms with van der Waals surface area (Å²) < 4.78 is 38.3. The lowest BCUT2D eigenvalue weighted by atomic mass is 10.2. The van der Waals surface area contributed by atoms with E-state index in [2.05, 4.69) is 21.2 Å². The van der Waals surface area contributed by atoms with E-state index in [0.29, 0.717) is 37.7 Å². The molecular weight excluding hydrogens is 448 g/mol. The Morgan fingerprint density at radius 2 is 1.96 bits per heavy atom. The number of sulfonamides is 1. The molecule has 1 heterocycles. The van der Waals surface area contributed by atoms with E-state index in [4.69, 9.17) is 9.47 Å². The second kappa shape index (κ2) is 9.04. The van der Waals surface area contributed by atoms with Crippen LogP contribution in [0.1, 0.15) is 5.56 Å². The van der Waals surface area contributed by atoms with Gasteiger partial charge in [0.25, 0.3) is 5.91 Å². The van der Waals surface area contributed by atoms with Crippen molar-refractivity contribution in [2.24, 2.45) is 0 Å². The Morgan fingerprint density at radius 3 is 2.68 bits per heavy atom. The first-order valence-electron chi connectivity index (χ1n) is 8.73. The second-order valence-corrected chi connectivity index (χ2v) is 9.11. The van der Waals surface area contributed by atoms with Crippen molar-refractivity contribution >= 4 is 37.5 Å². The van der Waals surface area contributed by atoms with Gasteiger partial charge in [0.1, 0.15) is 5.75 Å². The second-order valence-electron chi connectivity index (χ2n) is 6.32. The summed E-state index contributed by atoms with van der Waals surface area (Å²) in [6, 6.07) is 11.8. The van der Waals surface area contributed by atoms with Crippen LogP contribution in [0.3, 0.4) is 0 Å². The first kappa shape index (κ1) is 20.8. The van der Waals surface area contributed by atoms with Gasteiger partial charge >= 0.3 is 0 Å². The van der Waals surface area contributed by atoms with E-state index in [0.717, 1.165) is 10.0 Å². The molecule has 28 heavy (non-hydrogen) atoms. The maximum absolute atomic E-state index is 12.7. The highest BCUT2D eigenvalue weighted by molar-refractivity contribution is 9.10. The maximum Gasteiger partial charge on any atom is 0.262 e. The lowest BCUT2D eigenvalue weighted by molar-refractivity contribution is -0.118. The van der Waals surface area contributed by atoms with Crippen LogP contribution in [0.15, 0.2) is 51.8 Å². The molecule has 1 amide bonds. The van der Waals surface area contributed by atoms with Crippen molar-refractivity contribution in [2.75, 3.05) is 38.2 Å². The van der Waals surface area contributed by atoms with Gasteiger partial charge in [-0.2, -0.15) is 4.31 Å². The molecule has 1 fully saturated rings. The number of carbonyl (C=O) groups is 1. The van der Waals surface area contributed by atoms with Crippen LogP contribution in [0.5, 0.6) is 5.75 Å². The number of carbonyl (C=O) groups excluding carboxylic acids is 1. The third-order valence-electron chi connectivity index (χ3n) is 4.17. The average Bonchev–Trinajstić information content (AvgIpc) is 2.68. The van der Waals surface area contributed by atoms with E-state index in [1.54, 1.807) is 18.2 Å². The number of amides is 1. The van der Waals surface area contributed by atoms with Crippen LogP contribution in [0.2, 0.25) is 0 Å². The summed E-state index contributed by atoms with van der Waals surface area (Å²) in [5.74, 6) is 0.179. The van der Waals surface area contributed by atoms with Crippen LogP contribution in [0.4, 0.5) is 5.69 Å². The molecule has 3 rings (SSSR count). The Labute approximate surface area is 172 Å². The molecule has 1 aliphatic heterocycles. The Kier molecular flexibility index (Phi) is 6.71. The van der Waals surface area contributed by atoms with Gasteiger partial charge in [0, 0.05) is 18.8 Å². The summed E-state index contributed by atoms with van der Waals surface area (Å²) >= 11 is 3.40. The number of benzene rings is 2. The summed E-state index contributed by atoms with van der Waals surface area (Å²) in [6.07, 6.45) is 0. The van der Waals surface area contributed by atoms with E-state index in [1.165, 1.54) is 16.4 Å². The normalized spacial score (nSPS) is 15.2. The smallest absolute Gasteiger partial charge is 0.262 e. The molecule has 1 saturated heterocycles. The average molecular weight is 469 g/mol. The van der Waals surface area contributed by atoms with Gasteiger partial charge < -0.3 is 14.8 Å². The van der Waals surface area contributed by atoms with Crippen LogP contribution in [0, 0.1) is 6.92 Å². The van der Waals surface area contributed by atoms with E-state index in [1.807, 2.05) is 19.1 Å². The maximum atomic E-state index is 12.7. The lowest BCUT2D eigenvalue weighted by Crippen LogP contribution is -2.40. The van der Waals surface area contributed by atoms with Crippen molar-refractivity contribution in [3.05, 3.63) is 52.5 Å². The zero-order chi connectivity index (χ0) is 20.1. The van der Waals surface area contributed by atoms with Gasteiger partial charge in [-0.1, -0.05) is 12.1 Å². The molecule has 2 aromatic carbocycles. The number of hydrogen-bond donors (Lipinski definition) is 1. The van der Waals surface area contributed by atoms with Crippen LogP contribution in [-0.4, -0.2) is 51.5 Å². The van der Waals surface area contributed by atoms with Gasteiger partial charge in [-0.25, -0.2) is 8.42 Å². The van der Waals surface area contributed by atoms with Gasteiger partial charge in [-0.05, 0) is 58.7 Å². The Hall–Kier alpha value is -1.94. The highest BCUT2D eigenvalue weighted by Crippen LogP contribution is 2.26. The summed E-state index contributed by atoms with van der Waals surface area (Å²) in [5, 5.41) is 2.67. The number of rotatable bonds is 6. The summed E-state index contributed by atoms with van der Waals surface area (Å²) in [4.78, 5) is 12.3. The summed E-state index contributed by atoms with van der Waals surface area (Å²) in [6.45, 7) is 3.15. The van der Waals surface area contributed by atoms with Crippen molar-refractivity contribution in [1.29, 1.82) is 0 Å². The molecule has 0 saturated carbocycles. The van der Waals surface area contributed by atoms with E-state index in [-0.39, 0.29) is 17.4 Å². The molecule has 0 atom stereocenters. The minimum Gasteiger partial charge on any atom is -0.483 e. The predicted molar refractivity (Wildman–Crippen MR) is 109 cm³/mol. The predicted octanol–water partition coefficient (Wildman–Crippen LogP) is 2.80. The Morgan fingerprint density at radius 1 is 1.21 bits per heavy atom. The number of ether oxygens (including phenoxy) is 2. The molecule has 0 spiro atoms.